The number of aromatic nitrogens is 3. The largest absolute Gasteiger partial charge is 0.439 e. The number of carbonyl (C=O) groups is 1. The van der Waals surface area contributed by atoms with E-state index < -0.39 is 23.4 Å². The lowest BCUT2D eigenvalue weighted by Crippen LogP contribution is -2.16. The van der Waals surface area contributed by atoms with Crippen molar-refractivity contribution in [3.05, 3.63) is 93.0 Å². The number of hydrogen-bond donors (Lipinski definition) is 2. The molecule has 0 radical (unpaired) electrons. The van der Waals surface area contributed by atoms with E-state index in [0.717, 1.165) is 6.07 Å². The molecular formula is C25H16BrF3N4O3. The van der Waals surface area contributed by atoms with Gasteiger partial charge in [-0.1, -0.05) is 57.5 Å². The van der Waals surface area contributed by atoms with Crippen molar-refractivity contribution >= 4 is 38.4 Å². The van der Waals surface area contributed by atoms with Crippen LogP contribution >= 0.6 is 15.9 Å². The molecule has 0 atom stereocenters. The number of nitrogens with one attached hydrogen (secondary N) is 2. The minimum Gasteiger partial charge on any atom is -0.339 e. The molecule has 0 fully saturated rings. The van der Waals surface area contributed by atoms with Crippen molar-refractivity contribution in [3.8, 4) is 22.5 Å². The van der Waals surface area contributed by atoms with Crippen LogP contribution in [0.2, 0.25) is 0 Å². The number of rotatable bonds is 4. The average Bonchev–Trinajstić information content (AvgIpc) is 3.43. The number of aryl methyl sites for hydroxylation is 1. The molecule has 36 heavy (non-hydrogen) atoms. The number of amides is 1. The molecule has 0 saturated heterocycles. The molecule has 0 spiro atoms. The zero-order valence-corrected chi connectivity index (χ0v) is 20.1. The van der Waals surface area contributed by atoms with Gasteiger partial charge in [0.05, 0.1) is 16.8 Å². The van der Waals surface area contributed by atoms with Gasteiger partial charge in [-0.15, -0.1) is 0 Å². The normalized spacial score (nSPS) is 11.7. The van der Waals surface area contributed by atoms with Gasteiger partial charge < -0.3 is 9.88 Å². The standard InChI is InChI=1S/C25H16BrF3N4O3/c1-33-20(23(34)30-19-10-9-14(26)12-17(19)22-31-24(35)36-32-22)11-13-5-4-7-16(21(13)33)15-6-2-3-8-18(15)25(27,28)29/h2-12H,1H3,(H,30,34)(H,31,32,35). The molecule has 2 heterocycles. The van der Waals surface area contributed by atoms with Crippen LogP contribution in [0.3, 0.4) is 0 Å². The van der Waals surface area contributed by atoms with Crippen LogP contribution in [0.4, 0.5) is 18.9 Å². The molecule has 0 aliphatic heterocycles. The summed E-state index contributed by atoms with van der Waals surface area (Å²) in [4.78, 5) is 27.2. The number of nitrogens with zero attached hydrogens (tertiary/aromatic N) is 2. The summed E-state index contributed by atoms with van der Waals surface area (Å²) in [6.45, 7) is 0. The third-order valence-electron chi connectivity index (χ3n) is 5.74. The summed E-state index contributed by atoms with van der Waals surface area (Å²) in [5, 5.41) is 7.08. The van der Waals surface area contributed by atoms with E-state index in [2.05, 4.69) is 35.9 Å². The Morgan fingerprint density at radius 3 is 2.50 bits per heavy atom. The second-order valence-electron chi connectivity index (χ2n) is 7.96. The van der Waals surface area contributed by atoms with Gasteiger partial charge in [0, 0.05) is 28.0 Å². The van der Waals surface area contributed by atoms with Crippen molar-refractivity contribution < 1.29 is 22.5 Å². The molecule has 0 unspecified atom stereocenters. The Morgan fingerprint density at radius 1 is 1.03 bits per heavy atom. The molecule has 11 heteroatoms. The van der Waals surface area contributed by atoms with Crippen LogP contribution in [-0.2, 0) is 13.2 Å². The van der Waals surface area contributed by atoms with Crippen LogP contribution in [-0.4, -0.2) is 20.6 Å². The number of para-hydroxylation sites is 1. The third kappa shape index (κ3) is 4.22. The zero-order valence-electron chi connectivity index (χ0n) is 18.5. The lowest BCUT2D eigenvalue weighted by molar-refractivity contribution is -0.137. The molecule has 0 aliphatic carbocycles. The van der Waals surface area contributed by atoms with Crippen molar-refractivity contribution in [2.75, 3.05) is 5.32 Å². The van der Waals surface area contributed by atoms with Gasteiger partial charge in [0.1, 0.15) is 5.69 Å². The predicted octanol–water partition coefficient (Wildman–Crippen LogP) is 6.22. The van der Waals surface area contributed by atoms with Gasteiger partial charge in [-0.2, -0.15) is 13.2 Å². The SMILES string of the molecule is Cn1c(C(=O)Nc2ccc(Br)cc2-c2noc(=O)[nH]2)cc2cccc(-c3ccccc3C(F)(F)F)c21. The Kier molecular flexibility index (Phi) is 5.79. The van der Waals surface area contributed by atoms with E-state index in [9.17, 15) is 22.8 Å². The lowest BCUT2D eigenvalue weighted by Gasteiger charge is -2.15. The molecule has 0 bridgehead atoms. The molecule has 1 amide bonds. The average molecular weight is 557 g/mol. The van der Waals surface area contributed by atoms with Crippen molar-refractivity contribution in [1.29, 1.82) is 0 Å². The summed E-state index contributed by atoms with van der Waals surface area (Å²) in [5.41, 5.74) is 1.08. The zero-order chi connectivity index (χ0) is 25.6. The van der Waals surface area contributed by atoms with Gasteiger partial charge >= 0.3 is 11.9 Å². The first-order valence-electron chi connectivity index (χ1n) is 10.6. The maximum Gasteiger partial charge on any atom is 0.439 e. The first-order valence-corrected chi connectivity index (χ1v) is 11.3. The quantitative estimate of drug-likeness (QED) is 0.274. The van der Waals surface area contributed by atoms with E-state index in [1.807, 2.05) is 0 Å². The molecule has 3 aromatic carbocycles. The summed E-state index contributed by atoms with van der Waals surface area (Å²) in [6, 6.07) is 16.9. The van der Waals surface area contributed by atoms with E-state index in [1.165, 1.54) is 12.1 Å². The van der Waals surface area contributed by atoms with Gasteiger partial charge in [0.2, 0.25) is 0 Å². The smallest absolute Gasteiger partial charge is 0.339 e. The molecule has 5 rings (SSSR count). The summed E-state index contributed by atoms with van der Waals surface area (Å²) in [6.07, 6.45) is -4.54. The first-order chi connectivity index (χ1) is 17.1. The number of carbonyl (C=O) groups excluding carboxylic acids is 1. The highest BCUT2D eigenvalue weighted by atomic mass is 79.9. The number of hydrogen-bond acceptors (Lipinski definition) is 4. The maximum absolute atomic E-state index is 13.7. The predicted molar refractivity (Wildman–Crippen MR) is 132 cm³/mol. The van der Waals surface area contributed by atoms with E-state index in [4.69, 9.17) is 0 Å². The van der Waals surface area contributed by atoms with Gasteiger partial charge in [-0.25, -0.2) is 4.79 Å². The second-order valence-corrected chi connectivity index (χ2v) is 8.88. The molecule has 0 aliphatic rings. The minimum atomic E-state index is -4.54. The Hall–Kier alpha value is -4.12. The van der Waals surface area contributed by atoms with Crippen molar-refractivity contribution in [1.82, 2.24) is 14.7 Å². The Labute approximate surface area is 209 Å². The Morgan fingerprint density at radius 2 is 1.78 bits per heavy atom. The Balaban J connectivity index is 1.59. The van der Waals surface area contributed by atoms with Gasteiger partial charge in [-0.05, 0) is 35.9 Å². The summed E-state index contributed by atoms with van der Waals surface area (Å²) in [7, 11) is 1.62. The maximum atomic E-state index is 13.7. The number of alkyl halides is 3. The fourth-order valence-electron chi connectivity index (χ4n) is 4.17. The van der Waals surface area contributed by atoms with E-state index in [-0.39, 0.29) is 17.1 Å². The molecule has 7 nitrogen and oxygen atoms in total. The molecule has 2 aromatic heterocycles. The van der Waals surface area contributed by atoms with Crippen LogP contribution < -0.4 is 11.1 Å². The molecular weight excluding hydrogens is 541 g/mol. The topological polar surface area (TPSA) is 92.9 Å². The van der Waals surface area contributed by atoms with Crippen LogP contribution in [0.25, 0.3) is 33.4 Å². The summed E-state index contributed by atoms with van der Waals surface area (Å²) < 4.78 is 47.9. The van der Waals surface area contributed by atoms with Crippen LogP contribution in [0.1, 0.15) is 16.1 Å². The van der Waals surface area contributed by atoms with Crippen LogP contribution in [0.15, 0.2) is 80.5 Å². The van der Waals surface area contributed by atoms with Crippen molar-refractivity contribution in [3.63, 3.8) is 0 Å². The highest BCUT2D eigenvalue weighted by Crippen LogP contribution is 2.40. The number of aromatic amines is 1. The van der Waals surface area contributed by atoms with E-state index in [1.54, 1.807) is 60.1 Å². The third-order valence-corrected chi connectivity index (χ3v) is 6.23. The van der Waals surface area contributed by atoms with Gasteiger partial charge in [0.25, 0.3) is 5.91 Å². The first kappa shape index (κ1) is 23.6. The monoisotopic (exact) mass is 556 g/mol. The van der Waals surface area contributed by atoms with Gasteiger partial charge in [-0.3, -0.25) is 14.3 Å². The molecule has 5 aromatic rings. The number of H-pyrrole nitrogens is 1. The molecule has 182 valence electrons. The number of anilines is 1. The van der Waals surface area contributed by atoms with Crippen LogP contribution in [0.5, 0.6) is 0 Å². The molecule has 0 saturated carbocycles. The fraction of sp³-hybridized carbons (Fsp3) is 0.0800. The van der Waals surface area contributed by atoms with Crippen LogP contribution in [0, 0.1) is 0 Å². The number of fused-ring (bicyclic) bond motifs is 1. The van der Waals surface area contributed by atoms with Crippen molar-refractivity contribution in [2.45, 2.75) is 6.18 Å². The fourth-order valence-corrected chi connectivity index (χ4v) is 4.53. The summed E-state index contributed by atoms with van der Waals surface area (Å²) in [5.74, 6) is -1.12. The van der Waals surface area contributed by atoms with Crippen molar-refractivity contribution in [2.24, 2.45) is 7.05 Å². The Bertz CT molecular complexity index is 1680. The number of benzene rings is 3. The molecule has 2 N–H and O–H groups in total. The highest BCUT2D eigenvalue weighted by Gasteiger charge is 2.34. The summed E-state index contributed by atoms with van der Waals surface area (Å²) >= 11 is 3.35. The minimum absolute atomic E-state index is 0.0222. The second kappa shape index (κ2) is 8.83. The lowest BCUT2D eigenvalue weighted by atomic mass is 9.97. The van der Waals surface area contributed by atoms with E-state index in [0.29, 0.717) is 32.2 Å². The van der Waals surface area contributed by atoms with E-state index >= 15 is 0 Å². The highest BCUT2D eigenvalue weighted by molar-refractivity contribution is 9.10. The number of halogens is 4. The van der Waals surface area contributed by atoms with Gasteiger partial charge in [0.15, 0.2) is 5.82 Å².